The van der Waals surface area contributed by atoms with E-state index in [0.29, 0.717) is 17.4 Å². The highest BCUT2D eigenvalue weighted by Gasteiger charge is 2.14. The molecule has 4 nitrogen and oxygen atoms in total. The summed E-state index contributed by atoms with van der Waals surface area (Å²) in [7, 11) is 0. The van der Waals surface area contributed by atoms with Crippen molar-refractivity contribution in [1.82, 2.24) is 10.1 Å². The third-order valence-corrected chi connectivity index (χ3v) is 3.82. The standard InChI is InChI=1S/C16H14BrN3O/c1-9-7-10(2)14(18)13(8-9)16-19-15(20-21-16)11-3-5-12(17)6-4-11/h3-8H,18H2,1-2H3. The topological polar surface area (TPSA) is 64.9 Å². The van der Waals surface area contributed by atoms with Gasteiger partial charge in [0.2, 0.25) is 5.82 Å². The van der Waals surface area contributed by atoms with Gasteiger partial charge in [0.05, 0.1) is 5.56 Å². The fraction of sp³-hybridized carbons (Fsp3) is 0.125. The summed E-state index contributed by atoms with van der Waals surface area (Å²) in [6.07, 6.45) is 0. The maximum atomic E-state index is 6.12. The first-order valence-corrected chi connectivity index (χ1v) is 7.30. The molecule has 0 amide bonds. The zero-order valence-corrected chi connectivity index (χ0v) is 13.3. The van der Waals surface area contributed by atoms with E-state index in [-0.39, 0.29) is 0 Å². The quantitative estimate of drug-likeness (QED) is 0.702. The van der Waals surface area contributed by atoms with Crippen molar-refractivity contribution in [3.8, 4) is 22.8 Å². The van der Waals surface area contributed by atoms with Gasteiger partial charge in [0.15, 0.2) is 0 Å². The summed E-state index contributed by atoms with van der Waals surface area (Å²) in [5, 5.41) is 4.04. The molecule has 3 aromatic rings. The lowest BCUT2D eigenvalue weighted by Gasteiger charge is -2.06. The number of hydrogen-bond donors (Lipinski definition) is 1. The third-order valence-electron chi connectivity index (χ3n) is 3.29. The van der Waals surface area contributed by atoms with E-state index in [1.807, 2.05) is 50.2 Å². The Labute approximate surface area is 131 Å². The molecule has 0 fully saturated rings. The molecule has 106 valence electrons. The van der Waals surface area contributed by atoms with E-state index in [0.717, 1.165) is 26.7 Å². The molecule has 2 N–H and O–H groups in total. The van der Waals surface area contributed by atoms with Crippen molar-refractivity contribution < 1.29 is 4.52 Å². The molecule has 1 aromatic heterocycles. The van der Waals surface area contributed by atoms with Crippen LogP contribution in [-0.2, 0) is 0 Å². The van der Waals surface area contributed by atoms with Gasteiger partial charge in [0.25, 0.3) is 5.89 Å². The summed E-state index contributed by atoms with van der Waals surface area (Å²) in [4.78, 5) is 4.45. The van der Waals surface area contributed by atoms with Crippen molar-refractivity contribution in [2.45, 2.75) is 13.8 Å². The molecule has 1 heterocycles. The molecule has 2 aromatic carbocycles. The largest absolute Gasteiger partial charge is 0.398 e. The van der Waals surface area contributed by atoms with Crippen LogP contribution in [0.2, 0.25) is 0 Å². The molecule has 0 saturated heterocycles. The third kappa shape index (κ3) is 2.69. The number of halogens is 1. The fourth-order valence-electron chi connectivity index (χ4n) is 2.20. The maximum absolute atomic E-state index is 6.12. The van der Waals surface area contributed by atoms with Crippen LogP contribution in [0.1, 0.15) is 11.1 Å². The van der Waals surface area contributed by atoms with Gasteiger partial charge in [-0.15, -0.1) is 0 Å². The van der Waals surface area contributed by atoms with Gasteiger partial charge in [-0.05, 0) is 55.3 Å². The molecule has 0 spiro atoms. The number of nitrogen functional groups attached to an aromatic ring is 1. The van der Waals surface area contributed by atoms with Crippen molar-refractivity contribution in [1.29, 1.82) is 0 Å². The number of hydrogen-bond acceptors (Lipinski definition) is 4. The van der Waals surface area contributed by atoms with Gasteiger partial charge in [-0.1, -0.05) is 27.2 Å². The van der Waals surface area contributed by atoms with Crippen LogP contribution in [0.3, 0.4) is 0 Å². The Kier molecular flexibility index (Phi) is 3.51. The minimum atomic E-state index is 0.442. The lowest BCUT2D eigenvalue weighted by molar-refractivity contribution is 0.432. The second-order valence-electron chi connectivity index (χ2n) is 4.97. The van der Waals surface area contributed by atoms with Gasteiger partial charge < -0.3 is 10.3 Å². The number of rotatable bonds is 2. The molecule has 0 bridgehead atoms. The highest BCUT2D eigenvalue weighted by atomic mass is 79.9. The molecule has 5 heteroatoms. The Balaban J connectivity index is 2.04. The van der Waals surface area contributed by atoms with Crippen molar-refractivity contribution in [2.24, 2.45) is 0 Å². The number of nitrogens with zero attached hydrogens (tertiary/aromatic N) is 2. The van der Waals surface area contributed by atoms with Gasteiger partial charge in [0.1, 0.15) is 0 Å². The van der Waals surface area contributed by atoms with E-state index in [1.165, 1.54) is 0 Å². The van der Waals surface area contributed by atoms with E-state index in [9.17, 15) is 0 Å². The zero-order valence-electron chi connectivity index (χ0n) is 11.7. The first-order valence-electron chi connectivity index (χ1n) is 6.51. The van der Waals surface area contributed by atoms with E-state index >= 15 is 0 Å². The highest BCUT2D eigenvalue weighted by Crippen LogP contribution is 2.30. The summed E-state index contributed by atoms with van der Waals surface area (Å²) in [6.45, 7) is 3.99. The van der Waals surface area contributed by atoms with Crippen molar-refractivity contribution in [2.75, 3.05) is 5.73 Å². The van der Waals surface area contributed by atoms with Crippen LogP contribution in [0.25, 0.3) is 22.8 Å². The Morgan fingerprint density at radius 1 is 1.10 bits per heavy atom. The normalized spacial score (nSPS) is 10.8. The first-order chi connectivity index (χ1) is 10.0. The molecule has 0 aliphatic carbocycles. The molecule has 0 aliphatic heterocycles. The highest BCUT2D eigenvalue weighted by molar-refractivity contribution is 9.10. The second-order valence-corrected chi connectivity index (χ2v) is 5.89. The van der Waals surface area contributed by atoms with Crippen LogP contribution < -0.4 is 5.73 Å². The molecule has 0 aliphatic rings. The number of aryl methyl sites for hydroxylation is 2. The average Bonchev–Trinajstić information content (AvgIpc) is 2.93. The van der Waals surface area contributed by atoms with Gasteiger partial charge in [-0.2, -0.15) is 4.98 Å². The molecule has 3 rings (SSSR count). The van der Waals surface area contributed by atoms with Gasteiger partial charge >= 0.3 is 0 Å². The summed E-state index contributed by atoms with van der Waals surface area (Å²) < 4.78 is 6.38. The van der Waals surface area contributed by atoms with Gasteiger partial charge in [-0.3, -0.25) is 0 Å². The second kappa shape index (κ2) is 5.33. The first kappa shape index (κ1) is 13.8. The minimum absolute atomic E-state index is 0.442. The lowest BCUT2D eigenvalue weighted by atomic mass is 10.0. The van der Waals surface area contributed by atoms with Crippen molar-refractivity contribution in [3.63, 3.8) is 0 Å². The summed E-state index contributed by atoms with van der Waals surface area (Å²) in [5.74, 6) is 0.994. The van der Waals surface area contributed by atoms with Crippen LogP contribution in [0.5, 0.6) is 0 Å². The Morgan fingerprint density at radius 3 is 2.52 bits per heavy atom. The van der Waals surface area contributed by atoms with E-state index in [1.54, 1.807) is 0 Å². The van der Waals surface area contributed by atoms with Crippen molar-refractivity contribution in [3.05, 3.63) is 52.0 Å². The molecule has 0 atom stereocenters. The monoisotopic (exact) mass is 343 g/mol. The number of benzene rings is 2. The van der Waals surface area contributed by atoms with Gasteiger partial charge in [0, 0.05) is 15.7 Å². The molecular formula is C16H14BrN3O. The summed E-state index contributed by atoms with van der Waals surface area (Å²) in [5.41, 5.74) is 10.6. The Bertz CT molecular complexity index is 794. The van der Waals surface area contributed by atoms with E-state index < -0.39 is 0 Å². The van der Waals surface area contributed by atoms with E-state index in [2.05, 4.69) is 26.1 Å². The molecular weight excluding hydrogens is 330 g/mol. The average molecular weight is 344 g/mol. The lowest BCUT2D eigenvalue weighted by Crippen LogP contribution is -1.95. The molecule has 0 radical (unpaired) electrons. The van der Waals surface area contributed by atoms with Crippen LogP contribution in [0.4, 0.5) is 5.69 Å². The summed E-state index contributed by atoms with van der Waals surface area (Å²) >= 11 is 3.40. The minimum Gasteiger partial charge on any atom is -0.398 e. The Hall–Kier alpha value is -2.14. The smallest absolute Gasteiger partial charge is 0.260 e. The Morgan fingerprint density at radius 2 is 1.81 bits per heavy atom. The summed E-state index contributed by atoms with van der Waals surface area (Å²) in [6, 6.07) is 11.7. The van der Waals surface area contributed by atoms with Gasteiger partial charge in [-0.25, -0.2) is 0 Å². The van der Waals surface area contributed by atoms with Crippen molar-refractivity contribution >= 4 is 21.6 Å². The number of aromatic nitrogens is 2. The SMILES string of the molecule is Cc1cc(C)c(N)c(-c2nc(-c3ccc(Br)cc3)no2)c1. The number of anilines is 1. The predicted octanol–water partition coefficient (Wildman–Crippen LogP) is 4.37. The van der Waals surface area contributed by atoms with Crippen LogP contribution in [-0.4, -0.2) is 10.1 Å². The van der Waals surface area contributed by atoms with E-state index in [4.69, 9.17) is 10.3 Å². The van der Waals surface area contributed by atoms with Crippen LogP contribution in [0.15, 0.2) is 45.4 Å². The van der Waals surface area contributed by atoms with Crippen LogP contribution in [0, 0.1) is 13.8 Å². The fourth-order valence-corrected chi connectivity index (χ4v) is 2.47. The zero-order chi connectivity index (χ0) is 15.0. The molecule has 0 unspecified atom stereocenters. The maximum Gasteiger partial charge on any atom is 0.260 e. The predicted molar refractivity (Wildman–Crippen MR) is 86.8 cm³/mol. The number of nitrogens with two attached hydrogens (primary N) is 1. The van der Waals surface area contributed by atoms with Crippen LogP contribution >= 0.6 is 15.9 Å². The molecule has 21 heavy (non-hydrogen) atoms. The molecule has 0 saturated carbocycles.